The van der Waals surface area contributed by atoms with Crippen molar-refractivity contribution in [3.8, 4) is 29.6 Å². The van der Waals surface area contributed by atoms with Gasteiger partial charge >= 0.3 is 0 Å². The lowest BCUT2D eigenvalue weighted by Crippen LogP contribution is -2.00. The van der Waals surface area contributed by atoms with Crippen LogP contribution in [0.5, 0.6) is 5.88 Å². The maximum absolute atomic E-state index is 13.6. The Bertz CT molecular complexity index is 578. The Morgan fingerprint density at radius 1 is 1.28 bits per heavy atom. The van der Waals surface area contributed by atoms with Crippen molar-refractivity contribution in [2.45, 2.75) is 6.42 Å². The molecule has 2 aromatic rings. The topological polar surface area (TPSA) is 35.0 Å². The van der Waals surface area contributed by atoms with Gasteiger partial charge in [0.2, 0.25) is 5.88 Å². The molecule has 1 aromatic carbocycles. The van der Waals surface area contributed by atoms with Crippen LogP contribution in [-0.2, 0) is 0 Å². The zero-order valence-electron chi connectivity index (χ0n) is 9.64. The molecule has 1 heterocycles. The molecule has 0 saturated heterocycles. The molecular formula is C14H11FN2O. The number of rotatable bonds is 4. The van der Waals surface area contributed by atoms with Gasteiger partial charge in [-0.3, -0.25) is 0 Å². The van der Waals surface area contributed by atoms with E-state index in [0.29, 0.717) is 30.3 Å². The SMILES string of the molecule is C#CCCOc1ccnc(-c2ccccc2F)n1. The van der Waals surface area contributed by atoms with Gasteiger partial charge in [-0.05, 0) is 12.1 Å². The third-order valence-corrected chi connectivity index (χ3v) is 2.24. The molecule has 0 atom stereocenters. The van der Waals surface area contributed by atoms with Gasteiger partial charge in [0.05, 0.1) is 5.56 Å². The van der Waals surface area contributed by atoms with Crippen LogP contribution in [0.1, 0.15) is 6.42 Å². The lowest BCUT2D eigenvalue weighted by molar-refractivity contribution is 0.314. The van der Waals surface area contributed by atoms with Gasteiger partial charge in [0.15, 0.2) is 5.82 Å². The minimum atomic E-state index is -0.363. The normalized spacial score (nSPS) is 9.78. The average molecular weight is 242 g/mol. The molecule has 0 fully saturated rings. The number of halogens is 1. The zero-order chi connectivity index (χ0) is 12.8. The van der Waals surface area contributed by atoms with Gasteiger partial charge in [-0.25, -0.2) is 9.37 Å². The van der Waals surface area contributed by atoms with Gasteiger partial charge in [0.25, 0.3) is 0 Å². The fourth-order valence-electron chi connectivity index (χ4n) is 1.41. The molecule has 0 unspecified atom stereocenters. The van der Waals surface area contributed by atoms with Crippen LogP contribution in [0, 0.1) is 18.2 Å². The minimum absolute atomic E-state index is 0.298. The first-order valence-electron chi connectivity index (χ1n) is 5.45. The summed E-state index contributed by atoms with van der Waals surface area (Å²) in [5, 5.41) is 0. The summed E-state index contributed by atoms with van der Waals surface area (Å²) in [6, 6.07) is 7.95. The first-order chi connectivity index (χ1) is 8.81. The quantitative estimate of drug-likeness (QED) is 0.610. The van der Waals surface area contributed by atoms with E-state index in [2.05, 4.69) is 15.9 Å². The van der Waals surface area contributed by atoms with Crippen LogP contribution >= 0.6 is 0 Å². The smallest absolute Gasteiger partial charge is 0.216 e. The van der Waals surface area contributed by atoms with Crippen molar-refractivity contribution in [1.82, 2.24) is 9.97 Å². The minimum Gasteiger partial charge on any atom is -0.477 e. The molecule has 90 valence electrons. The van der Waals surface area contributed by atoms with Gasteiger partial charge in [-0.2, -0.15) is 4.98 Å². The van der Waals surface area contributed by atoms with Gasteiger partial charge < -0.3 is 4.74 Å². The van der Waals surface area contributed by atoms with E-state index in [9.17, 15) is 4.39 Å². The number of nitrogens with zero attached hydrogens (tertiary/aromatic N) is 2. The van der Waals surface area contributed by atoms with E-state index >= 15 is 0 Å². The Labute approximate surface area is 105 Å². The average Bonchev–Trinajstić information content (AvgIpc) is 2.40. The van der Waals surface area contributed by atoms with Crippen LogP contribution in [0.4, 0.5) is 4.39 Å². The molecule has 3 nitrogen and oxygen atoms in total. The Kier molecular flexibility index (Phi) is 3.87. The van der Waals surface area contributed by atoms with Gasteiger partial charge in [0, 0.05) is 18.7 Å². The Morgan fingerprint density at radius 3 is 2.89 bits per heavy atom. The first-order valence-corrected chi connectivity index (χ1v) is 5.45. The molecule has 0 bridgehead atoms. The van der Waals surface area contributed by atoms with Gasteiger partial charge in [0.1, 0.15) is 12.4 Å². The Hall–Kier alpha value is -2.41. The van der Waals surface area contributed by atoms with E-state index in [0.717, 1.165) is 0 Å². The molecule has 0 N–H and O–H groups in total. The molecule has 2 rings (SSSR count). The summed E-state index contributed by atoms with van der Waals surface area (Å²) in [6.07, 6.45) is 7.15. The second kappa shape index (κ2) is 5.78. The fraction of sp³-hybridized carbons (Fsp3) is 0.143. The number of terminal acetylenes is 1. The van der Waals surface area contributed by atoms with Crippen molar-refractivity contribution in [1.29, 1.82) is 0 Å². The van der Waals surface area contributed by atoms with Crippen LogP contribution < -0.4 is 4.74 Å². The largest absolute Gasteiger partial charge is 0.477 e. The highest BCUT2D eigenvalue weighted by Gasteiger charge is 2.07. The summed E-state index contributed by atoms with van der Waals surface area (Å²) in [6.45, 7) is 0.379. The standard InChI is InChI=1S/C14H11FN2O/c1-2-3-10-18-13-8-9-16-14(17-13)11-6-4-5-7-12(11)15/h1,4-9H,3,10H2. The van der Waals surface area contributed by atoms with Crippen molar-refractivity contribution < 1.29 is 9.13 Å². The molecule has 0 radical (unpaired) electrons. The maximum atomic E-state index is 13.6. The van der Waals surface area contributed by atoms with Crippen molar-refractivity contribution in [2.75, 3.05) is 6.61 Å². The van der Waals surface area contributed by atoms with E-state index < -0.39 is 0 Å². The van der Waals surface area contributed by atoms with Crippen LogP contribution in [0.3, 0.4) is 0 Å². The Balaban J connectivity index is 2.22. The number of ether oxygens (including phenoxy) is 1. The highest BCUT2D eigenvalue weighted by atomic mass is 19.1. The van der Waals surface area contributed by atoms with Crippen LogP contribution in [-0.4, -0.2) is 16.6 Å². The second-order valence-corrected chi connectivity index (χ2v) is 3.50. The number of hydrogen-bond acceptors (Lipinski definition) is 3. The summed E-state index contributed by atoms with van der Waals surface area (Å²) < 4.78 is 18.9. The molecule has 0 saturated carbocycles. The van der Waals surface area contributed by atoms with Gasteiger partial charge in [-0.1, -0.05) is 12.1 Å². The zero-order valence-corrected chi connectivity index (χ0v) is 9.64. The molecular weight excluding hydrogens is 231 g/mol. The summed E-state index contributed by atoms with van der Waals surface area (Å²) in [7, 11) is 0. The summed E-state index contributed by atoms with van der Waals surface area (Å²) in [5.41, 5.74) is 0.347. The van der Waals surface area contributed by atoms with Gasteiger partial charge in [-0.15, -0.1) is 12.3 Å². The van der Waals surface area contributed by atoms with Crippen molar-refractivity contribution >= 4 is 0 Å². The number of aromatic nitrogens is 2. The first kappa shape index (κ1) is 12.1. The molecule has 18 heavy (non-hydrogen) atoms. The van der Waals surface area contributed by atoms with E-state index in [-0.39, 0.29) is 5.82 Å². The van der Waals surface area contributed by atoms with Crippen molar-refractivity contribution in [3.05, 3.63) is 42.3 Å². The predicted octanol–water partition coefficient (Wildman–Crippen LogP) is 2.68. The van der Waals surface area contributed by atoms with Crippen LogP contribution in [0.15, 0.2) is 36.5 Å². The van der Waals surface area contributed by atoms with E-state index in [1.807, 2.05) is 0 Å². The third kappa shape index (κ3) is 2.83. The molecule has 0 amide bonds. The van der Waals surface area contributed by atoms with Crippen LogP contribution in [0.25, 0.3) is 11.4 Å². The summed E-state index contributed by atoms with van der Waals surface area (Å²) in [5.74, 6) is 2.79. The highest BCUT2D eigenvalue weighted by Crippen LogP contribution is 2.20. The lowest BCUT2D eigenvalue weighted by atomic mass is 10.2. The molecule has 0 aliphatic rings. The van der Waals surface area contributed by atoms with E-state index in [1.54, 1.807) is 24.3 Å². The van der Waals surface area contributed by atoms with Crippen molar-refractivity contribution in [3.63, 3.8) is 0 Å². The monoisotopic (exact) mass is 242 g/mol. The predicted molar refractivity (Wildman–Crippen MR) is 66.4 cm³/mol. The van der Waals surface area contributed by atoms with Crippen LogP contribution in [0.2, 0.25) is 0 Å². The lowest BCUT2D eigenvalue weighted by Gasteiger charge is -2.05. The molecule has 1 aromatic heterocycles. The number of hydrogen-bond donors (Lipinski definition) is 0. The third-order valence-electron chi connectivity index (χ3n) is 2.24. The Morgan fingerprint density at radius 2 is 2.11 bits per heavy atom. The molecule has 0 aliphatic carbocycles. The summed E-state index contributed by atoms with van der Waals surface area (Å²) >= 11 is 0. The molecule has 0 aliphatic heterocycles. The second-order valence-electron chi connectivity index (χ2n) is 3.50. The number of benzene rings is 1. The van der Waals surface area contributed by atoms with E-state index in [4.69, 9.17) is 11.2 Å². The van der Waals surface area contributed by atoms with Crippen molar-refractivity contribution in [2.24, 2.45) is 0 Å². The molecule has 4 heteroatoms. The molecule has 0 spiro atoms. The fourth-order valence-corrected chi connectivity index (χ4v) is 1.41. The summed E-state index contributed by atoms with van der Waals surface area (Å²) in [4.78, 5) is 8.16. The maximum Gasteiger partial charge on any atom is 0.216 e. The highest BCUT2D eigenvalue weighted by molar-refractivity contribution is 5.55. The van der Waals surface area contributed by atoms with E-state index in [1.165, 1.54) is 12.3 Å².